The fourth-order valence-electron chi connectivity index (χ4n) is 5.64. The van der Waals surface area contributed by atoms with Gasteiger partial charge in [-0.15, -0.1) is 6.58 Å². The number of amides is 2. The Bertz CT molecular complexity index is 1050. The molecule has 2 aromatic carbocycles. The van der Waals surface area contributed by atoms with Crippen LogP contribution in [0.4, 0.5) is 0 Å². The minimum Gasteiger partial charge on any atom is -0.376 e. The monoisotopic (exact) mass is 404 g/mol. The smallest absolute Gasteiger partial charge is 0.284 e. The molecule has 2 aromatic rings. The number of imide groups is 1. The van der Waals surface area contributed by atoms with Crippen LogP contribution in [0.2, 0.25) is 0 Å². The molecule has 30 heavy (non-hydrogen) atoms. The van der Waals surface area contributed by atoms with Crippen LogP contribution >= 0.6 is 0 Å². The van der Waals surface area contributed by atoms with E-state index in [0.717, 1.165) is 16.0 Å². The van der Waals surface area contributed by atoms with E-state index in [4.69, 9.17) is 4.74 Å². The highest BCUT2D eigenvalue weighted by molar-refractivity contribution is 6.08. The number of hydrogen-bond acceptors (Lipinski definition) is 5. The quantitative estimate of drug-likeness (QED) is 0.243. The Labute approximate surface area is 173 Å². The van der Waals surface area contributed by atoms with Gasteiger partial charge in [-0.1, -0.05) is 54.6 Å². The van der Waals surface area contributed by atoms with Crippen molar-refractivity contribution < 1.29 is 19.2 Å². The van der Waals surface area contributed by atoms with E-state index in [9.17, 15) is 19.7 Å². The number of rotatable bonds is 6. The molecule has 4 aliphatic rings. The lowest BCUT2D eigenvalue weighted by molar-refractivity contribution is -0.578. The topological polar surface area (TPSA) is 89.8 Å². The zero-order valence-corrected chi connectivity index (χ0v) is 16.2. The van der Waals surface area contributed by atoms with Crippen molar-refractivity contribution in [2.24, 2.45) is 11.8 Å². The molecular formula is C23H20N2O5. The number of nitro groups is 1. The van der Waals surface area contributed by atoms with Crippen molar-refractivity contribution in [3.05, 3.63) is 93.6 Å². The average Bonchev–Trinajstić information content (AvgIpc) is 3.02. The second kappa shape index (κ2) is 6.60. The summed E-state index contributed by atoms with van der Waals surface area (Å²) in [5, 5.41) is 12.7. The second-order valence-electron chi connectivity index (χ2n) is 7.87. The van der Waals surface area contributed by atoms with E-state index in [1.807, 2.05) is 24.3 Å². The van der Waals surface area contributed by atoms with Gasteiger partial charge in [0.15, 0.2) is 0 Å². The first kappa shape index (κ1) is 18.7. The summed E-state index contributed by atoms with van der Waals surface area (Å²) in [6.45, 7) is 4.12. The average molecular weight is 404 g/mol. The van der Waals surface area contributed by atoms with Gasteiger partial charge in [0.2, 0.25) is 11.8 Å². The van der Waals surface area contributed by atoms with E-state index in [-0.39, 0.29) is 29.9 Å². The number of ether oxygens (including phenoxy) is 1. The van der Waals surface area contributed by atoms with E-state index in [2.05, 4.69) is 6.58 Å². The van der Waals surface area contributed by atoms with Crippen LogP contribution < -0.4 is 0 Å². The van der Waals surface area contributed by atoms with Crippen LogP contribution in [0.3, 0.4) is 0 Å². The Kier molecular flexibility index (Phi) is 4.11. The molecule has 7 nitrogen and oxygen atoms in total. The zero-order valence-electron chi connectivity index (χ0n) is 16.2. The molecule has 0 N–H and O–H groups in total. The molecule has 3 aliphatic carbocycles. The molecule has 0 saturated carbocycles. The Hall–Kier alpha value is -3.32. The Morgan fingerprint density at radius 2 is 1.67 bits per heavy atom. The summed E-state index contributed by atoms with van der Waals surface area (Å²) >= 11 is 0. The van der Waals surface area contributed by atoms with Crippen LogP contribution in [-0.4, -0.2) is 41.4 Å². The lowest BCUT2D eigenvalue weighted by atomic mass is 9.51. The molecule has 152 valence electrons. The van der Waals surface area contributed by atoms with Crippen molar-refractivity contribution in [1.82, 2.24) is 4.90 Å². The summed E-state index contributed by atoms with van der Waals surface area (Å²) in [5.41, 5.74) is 0.799. The van der Waals surface area contributed by atoms with Crippen LogP contribution in [0.25, 0.3) is 0 Å². The third-order valence-corrected chi connectivity index (χ3v) is 6.65. The van der Waals surface area contributed by atoms with Gasteiger partial charge in [-0.25, -0.2) is 0 Å². The van der Waals surface area contributed by atoms with Crippen molar-refractivity contribution in [2.75, 3.05) is 19.8 Å². The molecule has 2 atom stereocenters. The highest BCUT2D eigenvalue weighted by atomic mass is 16.6. The van der Waals surface area contributed by atoms with Crippen LogP contribution in [-0.2, 0) is 19.9 Å². The van der Waals surface area contributed by atoms with Gasteiger partial charge in [-0.3, -0.25) is 24.6 Å². The van der Waals surface area contributed by atoms with Crippen molar-refractivity contribution in [3.63, 3.8) is 0 Å². The van der Waals surface area contributed by atoms with Crippen molar-refractivity contribution in [3.8, 4) is 0 Å². The van der Waals surface area contributed by atoms with E-state index < -0.39 is 23.3 Å². The predicted molar refractivity (Wildman–Crippen MR) is 107 cm³/mol. The first-order valence-corrected chi connectivity index (χ1v) is 9.92. The molecular weight excluding hydrogens is 384 g/mol. The summed E-state index contributed by atoms with van der Waals surface area (Å²) in [6, 6.07) is 14.3. The first-order valence-electron chi connectivity index (χ1n) is 9.92. The standard InChI is InChI=1S/C23H20N2O5/c1-2-12-30-13-11-24-21(26)19-18-14-7-3-5-9-16(14)23(25(28)29,20(19)22(24)27)17-10-6-4-8-15(17)18/h2-10,18-20H,1,11-13H2/t18?,19-,20+,23?/m1/s1. The number of likely N-dealkylation sites (tertiary alicyclic amines) is 1. The van der Waals surface area contributed by atoms with Gasteiger partial charge in [-0.2, -0.15) is 0 Å². The third kappa shape index (κ3) is 2.13. The normalized spacial score (nSPS) is 28.1. The van der Waals surface area contributed by atoms with E-state index in [0.29, 0.717) is 17.7 Å². The van der Waals surface area contributed by atoms with Crippen molar-refractivity contribution in [2.45, 2.75) is 11.5 Å². The fraction of sp³-hybridized carbons (Fsp3) is 0.304. The molecule has 6 rings (SSSR count). The number of carbonyl (C=O) groups excluding carboxylic acids is 2. The molecule has 0 aromatic heterocycles. The molecule has 1 aliphatic heterocycles. The number of hydrogen-bond donors (Lipinski definition) is 0. The number of benzene rings is 2. The van der Waals surface area contributed by atoms with Gasteiger partial charge in [-0.05, 0) is 11.1 Å². The summed E-state index contributed by atoms with van der Waals surface area (Å²) < 4.78 is 5.36. The number of carbonyl (C=O) groups is 2. The van der Waals surface area contributed by atoms with E-state index in [1.54, 1.807) is 30.3 Å². The Morgan fingerprint density at radius 1 is 1.07 bits per heavy atom. The maximum atomic E-state index is 13.5. The SMILES string of the molecule is C=CCOCCN1C(=O)[C@@H]2C3c4ccccc4C([N+](=O)[O-])(c4ccccc43)[C@@H]2C1=O. The Morgan fingerprint density at radius 3 is 2.23 bits per heavy atom. The summed E-state index contributed by atoms with van der Waals surface area (Å²) in [4.78, 5) is 40.4. The van der Waals surface area contributed by atoms with Gasteiger partial charge >= 0.3 is 0 Å². The van der Waals surface area contributed by atoms with Gasteiger partial charge in [0, 0.05) is 22.0 Å². The minimum absolute atomic E-state index is 0.0751. The Balaban J connectivity index is 1.70. The van der Waals surface area contributed by atoms with Crippen LogP contribution in [0.1, 0.15) is 28.2 Å². The summed E-state index contributed by atoms with van der Waals surface area (Å²) in [7, 11) is 0. The molecule has 0 unspecified atom stereocenters. The molecule has 1 fully saturated rings. The maximum absolute atomic E-state index is 13.5. The van der Waals surface area contributed by atoms with Crippen molar-refractivity contribution in [1.29, 1.82) is 0 Å². The highest BCUT2D eigenvalue weighted by Gasteiger charge is 2.74. The summed E-state index contributed by atoms with van der Waals surface area (Å²) in [6.07, 6.45) is 1.59. The minimum atomic E-state index is -1.77. The molecule has 7 heteroatoms. The predicted octanol–water partition coefficient (Wildman–Crippen LogP) is 2.47. The lowest BCUT2D eigenvalue weighted by Crippen LogP contribution is -2.57. The van der Waals surface area contributed by atoms with Gasteiger partial charge < -0.3 is 4.74 Å². The molecule has 2 bridgehead atoms. The van der Waals surface area contributed by atoms with Crippen LogP contribution in [0, 0.1) is 22.0 Å². The van der Waals surface area contributed by atoms with Gasteiger partial charge in [0.1, 0.15) is 5.92 Å². The maximum Gasteiger partial charge on any atom is 0.284 e. The zero-order chi connectivity index (χ0) is 21.0. The fourth-order valence-corrected chi connectivity index (χ4v) is 5.64. The molecule has 1 heterocycles. The van der Waals surface area contributed by atoms with Gasteiger partial charge in [0.05, 0.1) is 25.7 Å². The third-order valence-electron chi connectivity index (χ3n) is 6.65. The molecule has 0 radical (unpaired) electrons. The lowest BCUT2D eigenvalue weighted by Gasteiger charge is -2.48. The second-order valence-corrected chi connectivity index (χ2v) is 7.87. The van der Waals surface area contributed by atoms with E-state index in [1.165, 1.54) is 0 Å². The van der Waals surface area contributed by atoms with Gasteiger partial charge in [0.25, 0.3) is 5.54 Å². The van der Waals surface area contributed by atoms with Crippen LogP contribution in [0.15, 0.2) is 61.2 Å². The molecule has 2 amide bonds. The molecule has 0 spiro atoms. The van der Waals surface area contributed by atoms with Crippen LogP contribution in [0.5, 0.6) is 0 Å². The first-order chi connectivity index (χ1) is 14.5. The van der Waals surface area contributed by atoms with E-state index >= 15 is 0 Å². The number of nitrogens with zero attached hydrogens (tertiary/aromatic N) is 2. The largest absolute Gasteiger partial charge is 0.376 e. The highest BCUT2D eigenvalue weighted by Crippen LogP contribution is 2.64. The summed E-state index contributed by atoms with van der Waals surface area (Å²) in [5.74, 6) is -3.06. The van der Waals surface area contributed by atoms with Crippen molar-refractivity contribution >= 4 is 11.8 Å². The molecule has 1 saturated heterocycles.